The summed E-state index contributed by atoms with van der Waals surface area (Å²) in [5, 5.41) is 21.4. The Hall–Kier alpha value is -2.29. The Balaban J connectivity index is 1.68. The third kappa shape index (κ3) is 3.75. The second-order valence-corrected chi connectivity index (χ2v) is 8.87. The lowest BCUT2D eigenvalue weighted by molar-refractivity contribution is -0.133. The van der Waals surface area contributed by atoms with E-state index in [1.165, 1.54) is 18.4 Å². The summed E-state index contributed by atoms with van der Waals surface area (Å²) in [4.78, 5) is 14.6. The van der Waals surface area contributed by atoms with Crippen molar-refractivity contribution in [3.63, 3.8) is 0 Å². The number of amides is 1. The molecule has 9 heteroatoms. The van der Waals surface area contributed by atoms with Crippen molar-refractivity contribution in [3.05, 3.63) is 22.8 Å². The standard InChI is InChI=1S/C21H34N8O/c1-5-19(30)28-12-8-11-21(14-28,22-13-18-15(2)24-27(4)16(18)3)20-23-25-26-29(20)17-9-6-7-10-17/h17,22H,5-14H2,1-4H3. The Bertz CT molecular complexity index is 897. The van der Waals surface area contributed by atoms with E-state index in [4.69, 9.17) is 0 Å². The topological polar surface area (TPSA) is 93.8 Å². The van der Waals surface area contributed by atoms with Crippen molar-refractivity contribution in [2.75, 3.05) is 13.1 Å². The zero-order valence-electron chi connectivity index (χ0n) is 18.7. The van der Waals surface area contributed by atoms with E-state index in [9.17, 15) is 4.79 Å². The molecule has 1 aliphatic heterocycles. The quantitative estimate of drug-likeness (QED) is 0.778. The van der Waals surface area contributed by atoms with Crippen LogP contribution in [0, 0.1) is 13.8 Å². The zero-order valence-corrected chi connectivity index (χ0v) is 18.7. The van der Waals surface area contributed by atoms with Gasteiger partial charge in [0.25, 0.3) is 0 Å². The fraction of sp³-hybridized carbons (Fsp3) is 0.762. The lowest BCUT2D eigenvalue weighted by Crippen LogP contribution is -2.57. The third-order valence-electron chi connectivity index (χ3n) is 7.00. The van der Waals surface area contributed by atoms with Crippen LogP contribution in [0.2, 0.25) is 0 Å². The van der Waals surface area contributed by atoms with Crippen molar-refractivity contribution in [2.45, 2.75) is 83.8 Å². The molecule has 2 fully saturated rings. The SMILES string of the molecule is CCC(=O)N1CCCC(NCc2c(C)nn(C)c2C)(c2nnnn2C2CCCC2)C1. The van der Waals surface area contributed by atoms with E-state index in [2.05, 4.69) is 32.9 Å². The fourth-order valence-electron chi connectivity index (χ4n) is 5.13. The highest BCUT2D eigenvalue weighted by Gasteiger charge is 2.43. The molecule has 30 heavy (non-hydrogen) atoms. The van der Waals surface area contributed by atoms with Crippen LogP contribution < -0.4 is 5.32 Å². The number of likely N-dealkylation sites (tertiary alicyclic amines) is 1. The average Bonchev–Trinajstić information content (AvgIpc) is 3.48. The van der Waals surface area contributed by atoms with Gasteiger partial charge in [-0.2, -0.15) is 5.10 Å². The molecule has 1 saturated carbocycles. The van der Waals surface area contributed by atoms with Gasteiger partial charge < -0.3 is 4.90 Å². The number of rotatable bonds is 6. The number of nitrogens with one attached hydrogen (secondary N) is 1. The summed E-state index contributed by atoms with van der Waals surface area (Å²) >= 11 is 0. The second-order valence-electron chi connectivity index (χ2n) is 8.87. The lowest BCUT2D eigenvalue weighted by Gasteiger charge is -2.43. The minimum Gasteiger partial charge on any atom is -0.340 e. The summed E-state index contributed by atoms with van der Waals surface area (Å²) in [5.41, 5.74) is 2.94. The molecule has 1 atom stereocenters. The van der Waals surface area contributed by atoms with Gasteiger partial charge in [-0.05, 0) is 50.0 Å². The van der Waals surface area contributed by atoms with E-state index in [1.807, 2.05) is 35.2 Å². The zero-order chi connectivity index (χ0) is 21.3. The first-order valence-corrected chi connectivity index (χ1v) is 11.3. The van der Waals surface area contributed by atoms with Gasteiger partial charge in [0.15, 0.2) is 5.82 Å². The van der Waals surface area contributed by atoms with Crippen LogP contribution in [0.1, 0.15) is 80.7 Å². The summed E-state index contributed by atoms with van der Waals surface area (Å²) in [7, 11) is 1.98. The summed E-state index contributed by atoms with van der Waals surface area (Å²) in [6.07, 6.45) is 7.04. The van der Waals surface area contributed by atoms with Gasteiger partial charge in [0.1, 0.15) is 0 Å². The van der Waals surface area contributed by atoms with Crippen LogP contribution >= 0.6 is 0 Å². The Kier molecular flexibility index (Phi) is 5.90. The molecular formula is C21H34N8O. The van der Waals surface area contributed by atoms with Crippen LogP contribution in [0.3, 0.4) is 0 Å². The number of piperidine rings is 1. The van der Waals surface area contributed by atoms with Crippen molar-refractivity contribution < 1.29 is 4.79 Å². The minimum atomic E-state index is -0.454. The fourth-order valence-corrected chi connectivity index (χ4v) is 5.13. The van der Waals surface area contributed by atoms with E-state index in [0.717, 1.165) is 49.4 Å². The Morgan fingerprint density at radius 1 is 1.23 bits per heavy atom. The number of hydrogen-bond donors (Lipinski definition) is 1. The van der Waals surface area contributed by atoms with E-state index in [-0.39, 0.29) is 5.91 Å². The molecule has 1 saturated heterocycles. The number of hydrogen-bond acceptors (Lipinski definition) is 6. The van der Waals surface area contributed by atoms with E-state index < -0.39 is 5.54 Å². The minimum absolute atomic E-state index is 0.189. The molecule has 0 aromatic carbocycles. The first-order valence-electron chi connectivity index (χ1n) is 11.3. The summed E-state index contributed by atoms with van der Waals surface area (Å²) in [6.45, 7) is 8.15. The van der Waals surface area contributed by atoms with Crippen LogP contribution in [0.5, 0.6) is 0 Å². The first kappa shape index (κ1) is 21.0. The van der Waals surface area contributed by atoms with E-state index in [1.54, 1.807) is 0 Å². The number of aryl methyl sites for hydroxylation is 2. The predicted octanol–water partition coefficient (Wildman–Crippen LogP) is 2.16. The molecule has 1 unspecified atom stereocenters. The number of aromatic nitrogens is 6. The van der Waals surface area contributed by atoms with Crippen molar-refractivity contribution >= 4 is 5.91 Å². The largest absolute Gasteiger partial charge is 0.340 e. The van der Waals surface area contributed by atoms with Crippen LogP contribution in [0.15, 0.2) is 0 Å². The van der Waals surface area contributed by atoms with Crippen LogP contribution in [-0.4, -0.2) is 53.9 Å². The number of carbonyl (C=O) groups is 1. The Morgan fingerprint density at radius 2 is 2.00 bits per heavy atom. The van der Waals surface area contributed by atoms with Crippen molar-refractivity contribution in [3.8, 4) is 0 Å². The summed E-state index contributed by atoms with van der Waals surface area (Å²) < 4.78 is 3.97. The van der Waals surface area contributed by atoms with Gasteiger partial charge in [0.05, 0.1) is 17.3 Å². The number of carbonyl (C=O) groups excluding carboxylic acids is 1. The predicted molar refractivity (Wildman–Crippen MR) is 113 cm³/mol. The smallest absolute Gasteiger partial charge is 0.222 e. The Morgan fingerprint density at radius 3 is 2.67 bits per heavy atom. The first-order chi connectivity index (χ1) is 14.4. The molecule has 1 amide bonds. The highest BCUT2D eigenvalue weighted by molar-refractivity contribution is 5.76. The van der Waals surface area contributed by atoms with Crippen LogP contribution in [0.4, 0.5) is 0 Å². The molecule has 0 spiro atoms. The van der Waals surface area contributed by atoms with Crippen molar-refractivity contribution in [1.82, 2.24) is 40.2 Å². The highest BCUT2D eigenvalue weighted by Crippen LogP contribution is 2.36. The normalized spacial score (nSPS) is 22.7. The highest BCUT2D eigenvalue weighted by atomic mass is 16.2. The van der Waals surface area contributed by atoms with Gasteiger partial charge in [-0.25, -0.2) is 4.68 Å². The summed E-state index contributed by atoms with van der Waals surface area (Å²) in [6, 6.07) is 0.354. The van der Waals surface area contributed by atoms with Gasteiger partial charge in [0.2, 0.25) is 5.91 Å². The molecule has 0 radical (unpaired) electrons. The lowest BCUT2D eigenvalue weighted by atomic mass is 9.87. The maximum Gasteiger partial charge on any atom is 0.222 e. The molecule has 0 bridgehead atoms. The molecule has 2 aliphatic rings. The third-order valence-corrected chi connectivity index (χ3v) is 7.00. The van der Waals surface area contributed by atoms with Gasteiger partial charge >= 0.3 is 0 Å². The van der Waals surface area contributed by atoms with Gasteiger partial charge in [0, 0.05) is 44.4 Å². The molecular weight excluding hydrogens is 380 g/mol. The van der Waals surface area contributed by atoms with Gasteiger partial charge in [-0.3, -0.25) is 14.8 Å². The monoisotopic (exact) mass is 414 g/mol. The van der Waals surface area contributed by atoms with E-state index >= 15 is 0 Å². The molecule has 9 nitrogen and oxygen atoms in total. The van der Waals surface area contributed by atoms with Crippen molar-refractivity contribution in [2.24, 2.45) is 7.05 Å². The molecule has 4 rings (SSSR count). The molecule has 2 aromatic heterocycles. The summed E-state index contributed by atoms with van der Waals surface area (Å²) in [5.74, 6) is 1.07. The Labute approximate surface area is 178 Å². The molecule has 3 heterocycles. The van der Waals surface area contributed by atoms with Crippen LogP contribution in [-0.2, 0) is 23.9 Å². The molecule has 2 aromatic rings. The van der Waals surface area contributed by atoms with E-state index in [0.29, 0.717) is 25.6 Å². The maximum absolute atomic E-state index is 12.6. The van der Waals surface area contributed by atoms with Gasteiger partial charge in [-0.15, -0.1) is 5.10 Å². The molecule has 1 N–H and O–H groups in total. The van der Waals surface area contributed by atoms with Gasteiger partial charge in [-0.1, -0.05) is 19.8 Å². The molecule has 164 valence electrons. The van der Waals surface area contributed by atoms with Crippen molar-refractivity contribution in [1.29, 1.82) is 0 Å². The second kappa shape index (κ2) is 8.45. The maximum atomic E-state index is 12.6. The average molecular weight is 415 g/mol. The number of tetrazole rings is 1. The number of nitrogens with zero attached hydrogens (tertiary/aromatic N) is 7. The van der Waals surface area contributed by atoms with Crippen LogP contribution in [0.25, 0.3) is 0 Å². The molecule has 1 aliphatic carbocycles.